The summed E-state index contributed by atoms with van der Waals surface area (Å²) in [6, 6.07) is 10.2. The Morgan fingerprint density at radius 1 is 1.11 bits per heavy atom. The number of H-pyrrole nitrogens is 1. The van der Waals surface area contributed by atoms with E-state index < -0.39 is 10.0 Å². The van der Waals surface area contributed by atoms with Crippen LogP contribution in [-0.4, -0.2) is 23.6 Å². The van der Waals surface area contributed by atoms with Crippen molar-refractivity contribution in [3.8, 4) is 0 Å². The minimum atomic E-state index is -3.63. The third-order valence-electron chi connectivity index (χ3n) is 2.62. The van der Waals surface area contributed by atoms with Crippen LogP contribution in [0.15, 0.2) is 53.8 Å². The Kier molecular flexibility index (Phi) is 2.68. The highest BCUT2D eigenvalue weighted by Crippen LogP contribution is 2.19. The molecule has 1 aromatic carbocycles. The second kappa shape index (κ2) is 4.36. The summed E-state index contributed by atoms with van der Waals surface area (Å²) in [5.74, 6) is 0. The maximum Gasteiger partial charge on any atom is 0.278 e. The molecule has 2 aromatic heterocycles. The molecule has 7 heteroatoms. The number of benzene rings is 1. The van der Waals surface area contributed by atoms with Gasteiger partial charge in [0.2, 0.25) is 0 Å². The smallest absolute Gasteiger partial charge is 0.278 e. The van der Waals surface area contributed by atoms with Crippen molar-refractivity contribution in [2.45, 2.75) is 5.03 Å². The first-order valence-corrected chi connectivity index (χ1v) is 7.00. The van der Waals surface area contributed by atoms with E-state index in [4.69, 9.17) is 0 Å². The zero-order chi connectivity index (χ0) is 13.3. The Bertz CT molecular complexity index is 813. The zero-order valence-corrected chi connectivity index (χ0v) is 10.6. The van der Waals surface area contributed by atoms with Gasteiger partial charge in [0, 0.05) is 17.3 Å². The van der Waals surface area contributed by atoms with E-state index in [1.807, 2.05) is 6.07 Å². The monoisotopic (exact) mass is 274 g/mol. The summed E-state index contributed by atoms with van der Waals surface area (Å²) < 4.78 is 26.5. The van der Waals surface area contributed by atoms with Gasteiger partial charge in [-0.3, -0.25) is 14.8 Å². The van der Waals surface area contributed by atoms with Crippen LogP contribution in [0.4, 0.5) is 5.69 Å². The first-order valence-electron chi connectivity index (χ1n) is 5.52. The fourth-order valence-corrected chi connectivity index (χ4v) is 2.70. The normalized spacial score (nSPS) is 11.6. The third-order valence-corrected chi connectivity index (χ3v) is 3.93. The summed E-state index contributed by atoms with van der Waals surface area (Å²) in [4.78, 5) is 4.18. The lowest BCUT2D eigenvalue weighted by Gasteiger charge is -2.06. The molecule has 0 aliphatic carbocycles. The molecule has 3 aromatic rings. The molecule has 96 valence electrons. The van der Waals surface area contributed by atoms with E-state index in [9.17, 15) is 8.42 Å². The van der Waals surface area contributed by atoms with Crippen LogP contribution in [0.2, 0.25) is 0 Å². The largest absolute Gasteiger partial charge is 0.278 e. The second-order valence-electron chi connectivity index (χ2n) is 3.94. The van der Waals surface area contributed by atoms with Crippen molar-refractivity contribution in [2.75, 3.05) is 4.72 Å². The number of nitrogens with zero attached hydrogens (tertiary/aromatic N) is 2. The molecule has 0 spiro atoms. The number of sulfonamides is 1. The Balaban J connectivity index is 1.98. The number of rotatable bonds is 3. The predicted molar refractivity (Wildman–Crippen MR) is 71.1 cm³/mol. The van der Waals surface area contributed by atoms with Crippen LogP contribution in [0.25, 0.3) is 10.9 Å². The number of fused-ring (bicyclic) bond motifs is 1. The lowest BCUT2D eigenvalue weighted by atomic mass is 10.2. The average Bonchev–Trinajstić information content (AvgIpc) is 2.93. The summed E-state index contributed by atoms with van der Waals surface area (Å²) in [5.41, 5.74) is 1.29. The molecular formula is C12H10N4O2S. The van der Waals surface area contributed by atoms with Crippen molar-refractivity contribution in [3.05, 3.63) is 48.8 Å². The lowest BCUT2D eigenvalue weighted by Crippen LogP contribution is -2.13. The van der Waals surface area contributed by atoms with Crippen LogP contribution in [0, 0.1) is 0 Å². The van der Waals surface area contributed by atoms with E-state index in [2.05, 4.69) is 19.9 Å². The molecule has 19 heavy (non-hydrogen) atoms. The van der Waals surface area contributed by atoms with Gasteiger partial charge in [-0.05, 0) is 30.3 Å². The molecule has 0 atom stereocenters. The highest BCUT2D eigenvalue weighted by Gasteiger charge is 2.15. The van der Waals surface area contributed by atoms with Crippen molar-refractivity contribution >= 4 is 26.6 Å². The van der Waals surface area contributed by atoms with E-state index in [0.717, 1.165) is 10.9 Å². The molecule has 0 amide bonds. The van der Waals surface area contributed by atoms with Crippen LogP contribution in [-0.2, 0) is 10.0 Å². The van der Waals surface area contributed by atoms with E-state index in [1.54, 1.807) is 30.5 Å². The quantitative estimate of drug-likeness (QED) is 0.761. The third kappa shape index (κ3) is 2.27. The van der Waals surface area contributed by atoms with Gasteiger partial charge in [-0.25, -0.2) is 0 Å². The summed E-state index contributed by atoms with van der Waals surface area (Å²) in [5, 5.41) is 6.94. The Morgan fingerprint density at radius 2 is 2.00 bits per heavy atom. The van der Waals surface area contributed by atoms with Crippen LogP contribution >= 0.6 is 0 Å². The number of nitrogens with one attached hydrogen (secondary N) is 2. The molecule has 0 bridgehead atoms. The maximum atomic E-state index is 12.0. The van der Waals surface area contributed by atoms with E-state index in [-0.39, 0.29) is 5.03 Å². The molecule has 3 rings (SSSR count). The molecule has 0 unspecified atom stereocenters. The van der Waals surface area contributed by atoms with Crippen molar-refractivity contribution < 1.29 is 8.42 Å². The number of hydrogen-bond donors (Lipinski definition) is 2. The van der Waals surface area contributed by atoms with E-state index in [1.165, 1.54) is 12.3 Å². The van der Waals surface area contributed by atoms with Crippen LogP contribution in [0.3, 0.4) is 0 Å². The van der Waals surface area contributed by atoms with Gasteiger partial charge < -0.3 is 0 Å². The Morgan fingerprint density at radius 3 is 2.79 bits per heavy atom. The second-order valence-corrected chi connectivity index (χ2v) is 5.59. The Hall–Kier alpha value is -2.41. The van der Waals surface area contributed by atoms with Crippen molar-refractivity contribution in [1.82, 2.24) is 15.2 Å². The summed E-state index contributed by atoms with van der Waals surface area (Å²) >= 11 is 0. The molecule has 0 saturated carbocycles. The molecule has 0 fully saturated rings. The number of anilines is 1. The molecule has 0 aliphatic heterocycles. The SMILES string of the molecule is O=S(=O)(Nc1ccc2ncccc2c1)c1ccn[nH]1. The number of pyridine rings is 1. The molecule has 2 N–H and O–H groups in total. The zero-order valence-electron chi connectivity index (χ0n) is 9.74. The van der Waals surface area contributed by atoms with Gasteiger partial charge in [0.05, 0.1) is 11.7 Å². The van der Waals surface area contributed by atoms with Gasteiger partial charge >= 0.3 is 0 Å². The van der Waals surface area contributed by atoms with E-state index in [0.29, 0.717) is 5.69 Å². The first kappa shape index (κ1) is 11.7. The van der Waals surface area contributed by atoms with Gasteiger partial charge in [0.1, 0.15) is 0 Å². The lowest BCUT2D eigenvalue weighted by molar-refractivity contribution is 0.597. The molecule has 6 nitrogen and oxygen atoms in total. The fraction of sp³-hybridized carbons (Fsp3) is 0. The highest BCUT2D eigenvalue weighted by molar-refractivity contribution is 7.92. The van der Waals surface area contributed by atoms with Gasteiger partial charge in [0.25, 0.3) is 10.0 Å². The van der Waals surface area contributed by atoms with Crippen LogP contribution in [0.1, 0.15) is 0 Å². The first-order chi connectivity index (χ1) is 9.15. The van der Waals surface area contributed by atoms with Crippen molar-refractivity contribution in [3.63, 3.8) is 0 Å². The molecule has 0 aliphatic rings. The summed E-state index contributed by atoms with van der Waals surface area (Å²) in [6.45, 7) is 0. The minimum Gasteiger partial charge on any atom is -0.278 e. The number of aromatic nitrogens is 3. The van der Waals surface area contributed by atoms with E-state index >= 15 is 0 Å². The topological polar surface area (TPSA) is 87.7 Å². The van der Waals surface area contributed by atoms with Crippen LogP contribution < -0.4 is 4.72 Å². The summed E-state index contributed by atoms with van der Waals surface area (Å²) in [7, 11) is -3.63. The Labute approximate surface area is 109 Å². The van der Waals surface area contributed by atoms with Crippen LogP contribution in [0.5, 0.6) is 0 Å². The van der Waals surface area contributed by atoms with Crippen molar-refractivity contribution in [1.29, 1.82) is 0 Å². The molecule has 0 radical (unpaired) electrons. The van der Waals surface area contributed by atoms with Gasteiger partial charge in [-0.1, -0.05) is 6.07 Å². The van der Waals surface area contributed by atoms with Crippen molar-refractivity contribution in [2.24, 2.45) is 0 Å². The standard InChI is InChI=1S/C12H10N4O2S/c17-19(18,12-5-7-14-15-12)16-10-3-4-11-9(8-10)2-1-6-13-11/h1-8,16H,(H,14,15). The predicted octanol–water partition coefficient (Wildman–Crippen LogP) is 1.76. The van der Waals surface area contributed by atoms with Gasteiger partial charge in [-0.15, -0.1) is 0 Å². The number of aromatic amines is 1. The number of hydrogen-bond acceptors (Lipinski definition) is 4. The molecule has 2 heterocycles. The minimum absolute atomic E-state index is 0.0267. The molecule has 0 saturated heterocycles. The van der Waals surface area contributed by atoms with Gasteiger partial charge in [0.15, 0.2) is 5.03 Å². The molecular weight excluding hydrogens is 264 g/mol. The fourth-order valence-electron chi connectivity index (χ4n) is 1.74. The maximum absolute atomic E-state index is 12.0. The highest BCUT2D eigenvalue weighted by atomic mass is 32.2. The average molecular weight is 274 g/mol. The van der Waals surface area contributed by atoms with Gasteiger partial charge in [-0.2, -0.15) is 13.5 Å². The summed E-state index contributed by atoms with van der Waals surface area (Å²) in [6.07, 6.45) is 3.08.